The van der Waals surface area contributed by atoms with Crippen molar-refractivity contribution in [3.63, 3.8) is 0 Å². The Morgan fingerprint density at radius 1 is 1.20 bits per heavy atom. The Morgan fingerprint density at radius 2 is 1.90 bits per heavy atom. The molecular weight excluding hydrogens is 380 g/mol. The number of piperazine rings is 1. The molecule has 2 aliphatic rings. The number of aromatic nitrogens is 2. The minimum absolute atomic E-state index is 0.173. The molecule has 9 nitrogen and oxygen atoms in total. The fourth-order valence-corrected chi connectivity index (χ4v) is 4.04. The van der Waals surface area contributed by atoms with E-state index in [2.05, 4.69) is 56.2 Å². The summed E-state index contributed by atoms with van der Waals surface area (Å²) >= 11 is 0. The number of guanidine groups is 1. The molecule has 9 heteroatoms. The third kappa shape index (κ3) is 5.81. The zero-order chi connectivity index (χ0) is 21.5. The number of aliphatic imine (C=N–C) groups is 1. The van der Waals surface area contributed by atoms with Crippen molar-refractivity contribution in [1.82, 2.24) is 30.4 Å². The van der Waals surface area contributed by atoms with Gasteiger partial charge < -0.3 is 20.4 Å². The number of rotatable bonds is 6. The summed E-state index contributed by atoms with van der Waals surface area (Å²) in [6, 6.07) is 2.75. The molecule has 0 bridgehead atoms. The van der Waals surface area contributed by atoms with Crippen LogP contribution in [0.1, 0.15) is 27.2 Å². The number of anilines is 1. The van der Waals surface area contributed by atoms with Gasteiger partial charge in [0.05, 0.1) is 0 Å². The normalized spacial score (nSPS) is 23.2. The zero-order valence-electron chi connectivity index (χ0n) is 18.7. The van der Waals surface area contributed by atoms with E-state index in [0.29, 0.717) is 44.1 Å². The van der Waals surface area contributed by atoms with E-state index < -0.39 is 0 Å². The summed E-state index contributed by atoms with van der Waals surface area (Å²) < 4.78 is 0. The lowest BCUT2D eigenvalue weighted by Crippen LogP contribution is -2.50. The van der Waals surface area contributed by atoms with Crippen LogP contribution < -0.4 is 15.5 Å². The van der Waals surface area contributed by atoms with Crippen molar-refractivity contribution in [3.8, 4) is 0 Å². The number of nitrogens with one attached hydrogen (secondary N) is 2. The Bertz CT molecular complexity index is 702. The third-order valence-corrected chi connectivity index (χ3v) is 6.02. The van der Waals surface area contributed by atoms with E-state index in [-0.39, 0.29) is 5.91 Å². The van der Waals surface area contributed by atoms with Gasteiger partial charge in [0, 0.05) is 83.8 Å². The van der Waals surface area contributed by atoms with Gasteiger partial charge in [0.15, 0.2) is 5.96 Å². The Hall–Kier alpha value is -2.42. The lowest BCUT2D eigenvalue weighted by atomic mass is 10.1. The number of hydrogen-bond acceptors (Lipinski definition) is 6. The first-order chi connectivity index (χ1) is 14.5. The van der Waals surface area contributed by atoms with Gasteiger partial charge in [0.1, 0.15) is 0 Å². The molecule has 2 atom stereocenters. The van der Waals surface area contributed by atoms with Crippen molar-refractivity contribution in [2.45, 2.75) is 39.3 Å². The number of likely N-dealkylation sites (tertiary alicyclic amines) is 1. The van der Waals surface area contributed by atoms with Gasteiger partial charge in [-0.05, 0) is 25.8 Å². The van der Waals surface area contributed by atoms with Gasteiger partial charge in [-0.3, -0.25) is 14.7 Å². The van der Waals surface area contributed by atoms with Crippen molar-refractivity contribution < 1.29 is 4.79 Å². The first-order valence-electron chi connectivity index (χ1n) is 11.0. The molecule has 1 aromatic rings. The lowest BCUT2D eigenvalue weighted by molar-refractivity contribution is -0.131. The molecule has 0 spiro atoms. The maximum atomic E-state index is 12.6. The SMILES string of the molecule is CN=C(NCCC(=O)N1CCN(c2ncccn2)CC1)NC1CN(C(C)C)CC1C. The van der Waals surface area contributed by atoms with E-state index in [1.165, 1.54) is 0 Å². The standard InChI is InChI=1S/C21H36N8O/c1-16(2)29-14-17(3)18(15-29)26-20(22-4)23-9-6-19(30)27-10-12-28(13-11-27)21-24-7-5-8-25-21/h5,7-8,16-18H,6,9-15H2,1-4H3,(H2,22,23,26). The summed E-state index contributed by atoms with van der Waals surface area (Å²) in [4.78, 5) is 32.0. The Labute approximate surface area is 179 Å². The molecule has 1 aromatic heterocycles. The first kappa shape index (κ1) is 22.3. The molecule has 2 unspecified atom stereocenters. The van der Waals surface area contributed by atoms with Crippen LogP contribution in [0.15, 0.2) is 23.5 Å². The average molecular weight is 417 g/mol. The second kappa shape index (κ2) is 10.6. The van der Waals surface area contributed by atoms with Crippen molar-refractivity contribution in [1.29, 1.82) is 0 Å². The molecule has 3 rings (SSSR count). The molecule has 1 amide bonds. The van der Waals surface area contributed by atoms with Gasteiger partial charge in [-0.2, -0.15) is 0 Å². The lowest BCUT2D eigenvalue weighted by Gasteiger charge is -2.34. The van der Waals surface area contributed by atoms with Crippen LogP contribution in [0.4, 0.5) is 5.95 Å². The quantitative estimate of drug-likeness (QED) is 0.513. The molecular formula is C21H36N8O. The fourth-order valence-electron chi connectivity index (χ4n) is 4.04. The third-order valence-electron chi connectivity index (χ3n) is 6.02. The second-order valence-electron chi connectivity index (χ2n) is 8.44. The predicted octanol–water partition coefficient (Wildman–Crippen LogP) is 0.409. The van der Waals surface area contributed by atoms with Crippen LogP contribution >= 0.6 is 0 Å². The second-order valence-corrected chi connectivity index (χ2v) is 8.44. The monoisotopic (exact) mass is 416 g/mol. The highest BCUT2D eigenvalue weighted by Crippen LogP contribution is 2.18. The summed E-state index contributed by atoms with van der Waals surface area (Å²) in [6.45, 7) is 12.4. The maximum absolute atomic E-state index is 12.6. The highest BCUT2D eigenvalue weighted by Gasteiger charge is 2.31. The van der Waals surface area contributed by atoms with Crippen LogP contribution in [-0.4, -0.2) is 96.6 Å². The average Bonchev–Trinajstić information content (AvgIpc) is 3.14. The van der Waals surface area contributed by atoms with E-state index in [1.54, 1.807) is 19.4 Å². The summed E-state index contributed by atoms with van der Waals surface area (Å²) in [6.07, 6.45) is 3.96. The smallest absolute Gasteiger partial charge is 0.225 e. The van der Waals surface area contributed by atoms with Crippen LogP contribution in [0.5, 0.6) is 0 Å². The largest absolute Gasteiger partial charge is 0.356 e. The van der Waals surface area contributed by atoms with Crippen LogP contribution in [0.2, 0.25) is 0 Å². The highest BCUT2D eigenvalue weighted by molar-refractivity contribution is 5.81. The summed E-state index contributed by atoms with van der Waals surface area (Å²) in [5, 5.41) is 6.84. The van der Waals surface area contributed by atoms with Crippen LogP contribution in [0.3, 0.4) is 0 Å². The molecule has 30 heavy (non-hydrogen) atoms. The summed E-state index contributed by atoms with van der Waals surface area (Å²) in [5.74, 6) is 2.25. The van der Waals surface area contributed by atoms with Crippen LogP contribution in [0, 0.1) is 5.92 Å². The van der Waals surface area contributed by atoms with Gasteiger partial charge in [0.2, 0.25) is 11.9 Å². The van der Waals surface area contributed by atoms with Gasteiger partial charge in [-0.1, -0.05) is 6.92 Å². The van der Waals surface area contributed by atoms with Crippen molar-refractivity contribution >= 4 is 17.8 Å². The zero-order valence-corrected chi connectivity index (χ0v) is 18.7. The van der Waals surface area contributed by atoms with E-state index >= 15 is 0 Å². The number of hydrogen-bond donors (Lipinski definition) is 2. The molecule has 2 aliphatic heterocycles. The van der Waals surface area contributed by atoms with Gasteiger partial charge in [0.25, 0.3) is 0 Å². The number of nitrogens with zero attached hydrogens (tertiary/aromatic N) is 6. The Morgan fingerprint density at radius 3 is 2.50 bits per heavy atom. The van der Waals surface area contributed by atoms with Crippen molar-refractivity contribution in [2.75, 3.05) is 57.8 Å². The van der Waals surface area contributed by atoms with E-state index in [9.17, 15) is 4.79 Å². The maximum Gasteiger partial charge on any atom is 0.225 e. The van der Waals surface area contributed by atoms with Crippen molar-refractivity contribution in [3.05, 3.63) is 18.5 Å². The summed E-state index contributed by atoms with van der Waals surface area (Å²) in [7, 11) is 1.78. The number of carbonyl (C=O) groups is 1. The molecule has 2 N–H and O–H groups in total. The minimum Gasteiger partial charge on any atom is -0.356 e. The predicted molar refractivity (Wildman–Crippen MR) is 120 cm³/mol. The molecule has 0 aliphatic carbocycles. The number of amides is 1. The van der Waals surface area contributed by atoms with E-state index in [4.69, 9.17) is 0 Å². The van der Waals surface area contributed by atoms with Crippen LogP contribution in [0.25, 0.3) is 0 Å². The minimum atomic E-state index is 0.173. The van der Waals surface area contributed by atoms with Gasteiger partial charge in [-0.25, -0.2) is 9.97 Å². The Kier molecular flexibility index (Phi) is 7.84. The van der Waals surface area contributed by atoms with Gasteiger partial charge >= 0.3 is 0 Å². The molecule has 0 radical (unpaired) electrons. The van der Waals surface area contributed by atoms with Gasteiger partial charge in [-0.15, -0.1) is 0 Å². The van der Waals surface area contributed by atoms with Crippen LogP contribution in [-0.2, 0) is 4.79 Å². The fraction of sp³-hybridized carbons (Fsp3) is 0.714. The van der Waals surface area contributed by atoms with Crippen molar-refractivity contribution in [2.24, 2.45) is 10.9 Å². The topological polar surface area (TPSA) is 89.0 Å². The summed E-state index contributed by atoms with van der Waals surface area (Å²) in [5.41, 5.74) is 0. The Balaban J connectivity index is 1.37. The first-order valence-corrected chi connectivity index (χ1v) is 11.0. The molecule has 0 aromatic carbocycles. The molecule has 2 fully saturated rings. The van der Waals surface area contributed by atoms with E-state index in [1.807, 2.05) is 11.0 Å². The van der Waals surface area contributed by atoms with E-state index in [0.717, 1.165) is 38.1 Å². The molecule has 2 saturated heterocycles. The molecule has 0 saturated carbocycles. The molecule has 3 heterocycles. The highest BCUT2D eigenvalue weighted by atomic mass is 16.2. The molecule has 166 valence electrons. The number of carbonyl (C=O) groups excluding carboxylic acids is 1.